The van der Waals surface area contributed by atoms with E-state index < -0.39 is 0 Å². The third kappa shape index (κ3) is 6.88. The molecule has 0 unspecified atom stereocenters. The molecule has 0 spiro atoms. The zero-order valence-electron chi connectivity index (χ0n) is 18.5. The standard InChI is InChI=1S/C28H36ClN/c1-2-3-4-5-6-7-22-12-15-25(16-13-22)27-19-18-26(28(29)20-27)17-14-23-8-10-24(21-30)11-9-23/h8-11,18-20,22,25H,2-7,12-17H2,1H3. The van der Waals surface area contributed by atoms with Crippen molar-refractivity contribution in [1.82, 2.24) is 0 Å². The predicted molar refractivity (Wildman–Crippen MR) is 128 cm³/mol. The van der Waals surface area contributed by atoms with E-state index in [0.29, 0.717) is 11.5 Å². The molecule has 1 aliphatic rings. The topological polar surface area (TPSA) is 23.8 Å². The van der Waals surface area contributed by atoms with Crippen LogP contribution in [0.1, 0.15) is 99.3 Å². The molecule has 1 fully saturated rings. The number of nitrogens with zero attached hydrogens (tertiary/aromatic N) is 1. The van der Waals surface area contributed by atoms with Gasteiger partial charge in [-0.2, -0.15) is 5.26 Å². The molecule has 0 radical (unpaired) electrons. The molecule has 0 aliphatic heterocycles. The average Bonchev–Trinajstić information content (AvgIpc) is 2.79. The summed E-state index contributed by atoms with van der Waals surface area (Å²) in [5.41, 5.74) is 4.63. The lowest BCUT2D eigenvalue weighted by Gasteiger charge is -2.29. The second-order valence-electron chi connectivity index (χ2n) is 9.08. The lowest BCUT2D eigenvalue weighted by molar-refractivity contribution is 0.302. The van der Waals surface area contributed by atoms with Crippen molar-refractivity contribution in [3.63, 3.8) is 0 Å². The van der Waals surface area contributed by atoms with Crippen LogP contribution in [0.3, 0.4) is 0 Å². The van der Waals surface area contributed by atoms with Gasteiger partial charge < -0.3 is 0 Å². The smallest absolute Gasteiger partial charge is 0.0991 e. The zero-order chi connectivity index (χ0) is 21.2. The van der Waals surface area contributed by atoms with Crippen LogP contribution in [0.25, 0.3) is 0 Å². The van der Waals surface area contributed by atoms with E-state index in [9.17, 15) is 0 Å². The second-order valence-corrected chi connectivity index (χ2v) is 9.49. The Balaban J connectivity index is 1.45. The molecule has 1 saturated carbocycles. The first-order valence-electron chi connectivity index (χ1n) is 12.0. The maximum absolute atomic E-state index is 8.92. The van der Waals surface area contributed by atoms with Crippen molar-refractivity contribution in [1.29, 1.82) is 5.26 Å². The predicted octanol–water partition coefficient (Wildman–Crippen LogP) is 8.63. The Hall–Kier alpha value is -1.78. The molecule has 1 nitrogen and oxygen atoms in total. The summed E-state index contributed by atoms with van der Waals surface area (Å²) in [4.78, 5) is 0. The van der Waals surface area contributed by atoms with Gasteiger partial charge in [0.25, 0.3) is 0 Å². The molecule has 0 bridgehead atoms. The summed E-state index contributed by atoms with van der Waals surface area (Å²) in [7, 11) is 0. The van der Waals surface area contributed by atoms with Gasteiger partial charge in [0.1, 0.15) is 0 Å². The van der Waals surface area contributed by atoms with Crippen molar-refractivity contribution >= 4 is 11.6 Å². The fourth-order valence-corrected chi connectivity index (χ4v) is 5.15. The zero-order valence-corrected chi connectivity index (χ0v) is 19.3. The minimum atomic E-state index is 0.686. The van der Waals surface area contributed by atoms with E-state index in [1.165, 1.54) is 80.9 Å². The lowest BCUT2D eigenvalue weighted by atomic mass is 9.77. The van der Waals surface area contributed by atoms with E-state index in [-0.39, 0.29) is 0 Å². The first-order valence-corrected chi connectivity index (χ1v) is 12.3. The maximum Gasteiger partial charge on any atom is 0.0991 e. The maximum atomic E-state index is 8.92. The molecule has 3 rings (SSSR count). The number of hydrogen-bond acceptors (Lipinski definition) is 1. The first kappa shape index (κ1) is 22.9. The van der Waals surface area contributed by atoms with Gasteiger partial charge in [0, 0.05) is 5.02 Å². The van der Waals surface area contributed by atoms with E-state index in [1.807, 2.05) is 24.3 Å². The van der Waals surface area contributed by atoms with Crippen LogP contribution in [0, 0.1) is 17.2 Å². The highest BCUT2D eigenvalue weighted by Crippen LogP contribution is 2.39. The molecule has 0 N–H and O–H groups in total. The van der Waals surface area contributed by atoms with Crippen molar-refractivity contribution < 1.29 is 0 Å². The molecule has 1 aliphatic carbocycles. The van der Waals surface area contributed by atoms with Gasteiger partial charge in [-0.05, 0) is 85.3 Å². The van der Waals surface area contributed by atoms with Gasteiger partial charge in [0.05, 0.1) is 11.6 Å². The molecule has 0 atom stereocenters. The highest BCUT2D eigenvalue weighted by atomic mass is 35.5. The number of halogens is 1. The molecule has 2 aromatic carbocycles. The van der Waals surface area contributed by atoms with Crippen LogP contribution in [0.5, 0.6) is 0 Å². The Labute approximate surface area is 188 Å². The first-order chi connectivity index (χ1) is 14.7. The fraction of sp³-hybridized carbons (Fsp3) is 0.536. The van der Waals surface area contributed by atoms with E-state index in [0.717, 1.165) is 23.8 Å². The molecular weight excluding hydrogens is 386 g/mol. The van der Waals surface area contributed by atoms with Gasteiger partial charge in [-0.1, -0.05) is 81.3 Å². The summed E-state index contributed by atoms with van der Waals surface area (Å²) in [6.07, 6.45) is 15.7. The highest BCUT2D eigenvalue weighted by Gasteiger charge is 2.22. The number of benzene rings is 2. The number of hydrogen-bond donors (Lipinski definition) is 0. The minimum Gasteiger partial charge on any atom is -0.192 e. The summed E-state index contributed by atoms with van der Waals surface area (Å²) >= 11 is 6.66. The van der Waals surface area contributed by atoms with Gasteiger partial charge in [-0.15, -0.1) is 0 Å². The van der Waals surface area contributed by atoms with Crippen LogP contribution in [0.4, 0.5) is 0 Å². The third-order valence-electron chi connectivity index (χ3n) is 6.88. The second kappa shape index (κ2) is 12.2. The quantitative estimate of drug-likeness (QED) is 0.352. The Bertz CT molecular complexity index is 810. The molecule has 0 saturated heterocycles. The fourth-order valence-electron chi connectivity index (χ4n) is 4.87. The Morgan fingerprint density at radius 2 is 1.63 bits per heavy atom. The lowest BCUT2D eigenvalue weighted by Crippen LogP contribution is -2.13. The van der Waals surface area contributed by atoms with Crippen LogP contribution in [0.15, 0.2) is 42.5 Å². The summed E-state index contributed by atoms with van der Waals surface area (Å²) in [6.45, 7) is 2.29. The molecule has 2 aromatic rings. The summed E-state index contributed by atoms with van der Waals surface area (Å²) in [5, 5.41) is 9.84. The largest absolute Gasteiger partial charge is 0.192 e. The number of unbranched alkanes of at least 4 members (excludes halogenated alkanes) is 4. The van der Waals surface area contributed by atoms with Crippen LogP contribution in [-0.4, -0.2) is 0 Å². The van der Waals surface area contributed by atoms with Crippen molar-refractivity contribution in [3.05, 3.63) is 69.7 Å². The van der Waals surface area contributed by atoms with Crippen molar-refractivity contribution in [2.45, 2.75) is 89.9 Å². The third-order valence-corrected chi connectivity index (χ3v) is 7.23. The van der Waals surface area contributed by atoms with E-state index in [4.69, 9.17) is 16.9 Å². The van der Waals surface area contributed by atoms with Gasteiger partial charge in [-0.3, -0.25) is 0 Å². The van der Waals surface area contributed by atoms with E-state index >= 15 is 0 Å². The Morgan fingerprint density at radius 3 is 2.30 bits per heavy atom. The van der Waals surface area contributed by atoms with E-state index in [1.54, 1.807) is 0 Å². The molecule has 0 aromatic heterocycles. The van der Waals surface area contributed by atoms with Crippen molar-refractivity contribution in [3.8, 4) is 6.07 Å². The van der Waals surface area contributed by atoms with Gasteiger partial charge in [-0.25, -0.2) is 0 Å². The normalized spacial score (nSPS) is 18.8. The molecule has 0 heterocycles. The Kier molecular flexibility index (Phi) is 9.28. The van der Waals surface area contributed by atoms with Gasteiger partial charge in [0.15, 0.2) is 0 Å². The molecule has 0 amide bonds. The Morgan fingerprint density at radius 1 is 0.900 bits per heavy atom. The number of nitriles is 1. The number of aryl methyl sites for hydroxylation is 2. The average molecular weight is 422 g/mol. The summed E-state index contributed by atoms with van der Waals surface area (Å²) in [6, 6.07) is 16.8. The van der Waals surface area contributed by atoms with Crippen LogP contribution >= 0.6 is 11.6 Å². The van der Waals surface area contributed by atoms with Crippen LogP contribution < -0.4 is 0 Å². The molecule has 2 heteroatoms. The summed E-state index contributed by atoms with van der Waals surface area (Å²) in [5.74, 6) is 1.64. The minimum absolute atomic E-state index is 0.686. The van der Waals surface area contributed by atoms with Crippen molar-refractivity contribution in [2.24, 2.45) is 5.92 Å². The van der Waals surface area contributed by atoms with E-state index in [2.05, 4.69) is 31.2 Å². The van der Waals surface area contributed by atoms with Crippen LogP contribution in [-0.2, 0) is 12.8 Å². The molecular formula is C28H36ClN. The van der Waals surface area contributed by atoms with Crippen molar-refractivity contribution in [2.75, 3.05) is 0 Å². The highest BCUT2D eigenvalue weighted by molar-refractivity contribution is 6.31. The summed E-state index contributed by atoms with van der Waals surface area (Å²) < 4.78 is 0. The monoisotopic (exact) mass is 421 g/mol. The SMILES string of the molecule is CCCCCCCC1CCC(c2ccc(CCc3ccc(C#N)cc3)c(Cl)c2)CC1. The molecule has 160 valence electrons. The van der Waals surface area contributed by atoms with Gasteiger partial charge in [0.2, 0.25) is 0 Å². The number of rotatable bonds is 10. The van der Waals surface area contributed by atoms with Crippen LogP contribution in [0.2, 0.25) is 5.02 Å². The van der Waals surface area contributed by atoms with Gasteiger partial charge >= 0.3 is 0 Å². The molecule has 30 heavy (non-hydrogen) atoms.